The van der Waals surface area contributed by atoms with Crippen LogP contribution in [0, 0.1) is 6.92 Å². The molecule has 24 heavy (non-hydrogen) atoms. The van der Waals surface area contributed by atoms with Crippen LogP contribution in [0.4, 0.5) is 4.79 Å². The molecule has 1 atom stereocenters. The molecule has 2 amide bonds. The van der Waals surface area contributed by atoms with Gasteiger partial charge in [0.05, 0.1) is 6.04 Å². The van der Waals surface area contributed by atoms with Gasteiger partial charge in [-0.1, -0.05) is 60.2 Å². The zero-order chi connectivity index (χ0) is 17.4. The molecule has 0 unspecified atom stereocenters. The van der Waals surface area contributed by atoms with Crippen LogP contribution in [0.5, 0.6) is 0 Å². The van der Waals surface area contributed by atoms with E-state index in [0.717, 1.165) is 16.7 Å². The van der Waals surface area contributed by atoms with E-state index in [9.17, 15) is 9.59 Å². The van der Waals surface area contributed by atoms with Crippen molar-refractivity contribution >= 4 is 12.0 Å². The Balaban J connectivity index is 1.69. The van der Waals surface area contributed by atoms with Crippen molar-refractivity contribution in [1.82, 2.24) is 10.6 Å². The number of carbonyl (C=O) groups is 2. The van der Waals surface area contributed by atoms with E-state index >= 15 is 0 Å². The maximum Gasteiger partial charge on any atom is 0.407 e. The van der Waals surface area contributed by atoms with Gasteiger partial charge in [-0.15, -0.1) is 0 Å². The van der Waals surface area contributed by atoms with Gasteiger partial charge in [-0.25, -0.2) is 4.79 Å². The third-order valence-electron chi connectivity index (χ3n) is 3.56. The number of alkyl carbamates (subject to hydrolysis) is 1. The molecule has 5 nitrogen and oxygen atoms in total. The van der Waals surface area contributed by atoms with Crippen molar-refractivity contribution in [3.05, 3.63) is 71.3 Å². The number of amides is 2. The minimum atomic E-state index is -0.613. The average Bonchev–Trinajstić information content (AvgIpc) is 2.60. The van der Waals surface area contributed by atoms with E-state index in [0.29, 0.717) is 0 Å². The fourth-order valence-electron chi connectivity index (χ4n) is 2.15. The van der Waals surface area contributed by atoms with Crippen molar-refractivity contribution < 1.29 is 14.3 Å². The summed E-state index contributed by atoms with van der Waals surface area (Å²) in [6.07, 6.45) is -0.613. The first-order valence-electron chi connectivity index (χ1n) is 7.85. The van der Waals surface area contributed by atoms with Crippen molar-refractivity contribution in [3.8, 4) is 0 Å². The van der Waals surface area contributed by atoms with Gasteiger partial charge in [0, 0.05) is 0 Å². The van der Waals surface area contributed by atoms with Crippen LogP contribution >= 0.6 is 0 Å². The van der Waals surface area contributed by atoms with Crippen LogP contribution < -0.4 is 10.6 Å². The lowest BCUT2D eigenvalue weighted by atomic mass is 10.1. The van der Waals surface area contributed by atoms with Crippen molar-refractivity contribution in [2.24, 2.45) is 0 Å². The Kier molecular flexibility index (Phi) is 6.37. The Morgan fingerprint density at radius 1 is 1.04 bits per heavy atom. The Hall–Kier alpha value is -2.82. The number of ether oxygens (including phenoxy) is 1. The lowest BCUT2D eigenvalue weighted by Crippen LogP contribution is -2.38. The van der Waals surface area contributed by atoms with Gasteiger partial charge in [-0.2, -0.15) is 0 Å². The van der Waals surface area contributed by atoms with Crippen LogP contribution in [0.2, 0.25) is 0 Å². The van der Waals surface area contributed by atoms with Gasteiger partial charge in [0.2, 0.25) is 5.91 Å². The number of benzene rings is 2. The molecule has 0 saturated carbocycles. The molecule has 2 N–H and O–H groups in total. The summed E-state index contributed by atoms with van der Waals surface area (Å²) in [5.74, 6) is -0.265. The molecule has 2 aromatic rings. The highest BCUT2D eigenvalue weighted by atomic mass is 16.5. The largest absolute Gasteiger partial charge is 0.445 e. The van der Waals surface area contributed by atoms with E-state index in [-0.39, 0.29) is 25.1 Å². The second kappa shape index (κ2) is 8.72. The van der Waals surface area contributed by atoms with Crippen LogP contribution in [-0.4, -0.2) is 18.5 Å². The summed E-state index contributed by atoms with van der Waals surface area (Å²) in [5.41, 5.74) is 3.05. The van der Waals surface area contributed by atoms with Crippen LogP contribution in [0.15, 0.2) is 54.6 Å². The van der Waals surface area contributed by atoms with E-state index in [4.69, 9.17) is 4.74 Å². The molecular weight excluding hydrogens is 304 g/mol. The number of rotatable bonds is 6. The summed E-state index contributed by atoms with van der Waals surface area (Å²) in [6, 6.07) is 17.2. The average molecular weight is 326 g/mol. The van der Waals surface area contributed by atoms with Gasteiger partial charge in [0.15, 0.2) is 0 Å². The predicted molar refractivity (Wildman–Crippen MR) is 92.4 cm³/mol. The Morgan fingerprint density at radius 2 is 1.71 bits per heavy atom. The summed E-state index contributed by atoms with van der Waals surface area (Å²) in [6.45, 7) is 3.94. The standard InChI is InChI=1S/C19H22N2O3/c1-14-8-10-16(11-9-14)13-24-19(23)20-12-18(22)21-15(2)17-6-4-3-5-7-17/h3-11,15H,12-13H2,1-2H3,(H,20,23)(H,21,22)/t15-/m1/s1. The fraction of sp³-hybridized carbons (Fsp3) is 0.263. The molecule has 126 valence electrons. The molecule has 0 aliphatic heterocycles. The van der Waals surface area contributed by atoms with Crippen LogP contribution in [-0.2, 0) is 16.1 Å². The molecule has 0 aliphatic rings. The lowest BCUT2D eigenvalue weighted by Gasteiger charge is -2.14. The van der Waals surface area contributed by atoms with E-state index < -0.39 is 6.09 Å². The molecule has 0 spiro atoms. The molecule has 2 aromatic carbocycles. The maximum atomic E-state index is 11.9. The van der Waals surface area contributed by atoms with Gasteiger partial charge in [0.1, 0.15) is 13.2 Å². The summed E-state index contributed by atoms with van der Waals surface area (Å²) in [5, 5.41) is 5.27. The van der Waals surface area contributed by atoms with E-state index in [1.54, 1.807) is 0 Å². The molecule has 0 radical (unpaired) electrons. The number of hydrogen-bond acceptors (Lipinski definition) is 3. The second-order valence-electron chi connectivity index (χ2n) is 5.62. The first-order chi connectivity index (χ1) is 11.5. The number of carbonyl (C=O) groups excluding carboxylic acids is 2. The van der Waals surface area contributed by atoms with Gasteiger partial charge in [-0.3, -0.25) is 4.79 Å². The van der Waals surface area contributed by atoms with E-state index in [1.807, 2.05) is 68.4 Å². The topological polar surface area (TPSA) is 67.4 Å². The Labute approximate surface area is 142 Å². The van der Waals surface area contributed by atoms with Crippen LogP contribution in [0.25, 0.3) is 0 Å². The quantitative estimate of drug-likeness (QED) is 0.857. The maximum absolute atomic E-state index is 11.9. The summed E-state index contributed by atoms with van der Waals surface area (Å²) < 4.78 is 5.08. The molecule has 0 aromatic heterocycles. The SMILES string of the molecule is Cc1ccc(COC(=O)NCC(=O)N[C@H](C)c2ccccc2)cc1. The third-order valence-corrected chi connectivity index (χ3v) is 3.56. The van der Waals surface area contributed by atoms with Crippen molar-refractivity contribution in [2.75, 3.05) is 6.54 Å². The highest BCUT2D eigenvalue weighted by Gasteiger charge is 2.10. The summed E-state index contributed by atoms with van der Waals surface area (Å²) >= 11 is 0. The Bertz CT molecular complexity index is 669. The second-order valence-corrected chi connectivity index (χ2v) is 5.62. The first kappa shape index (κ1) is 17.5. The first-order valence-corrected chi connectivity index (χ1v) is 7.85. The van der Waals surface area contributed by atoms with Gasteiger partial charge in [0.25, 0.3) is 0 Å². The van der Waals surface area contributed by atoms with Crippen molar-refractivity contribution in [3.63, 3.8) is 0 Å². The smallest absolute Gasteiger partial charge is 0.407 e. The summed E-state index contributed by atoms with van der Waals surface area (Å²) in [4.78, 5) is 23.5. The molecule has 0 fully saturated rings. The van der Waals surface area contributed by atoms with Gasteiger partial charge >= 0.3 is 6.09 Å². The van der Waals surface area contributed by atoms with Crippen LogP contribution in [0.1, 0.15) is 29.7 Å². The minimum absolute atomic E-state index is 0.121. The summed E-state index contributed by atoms with van der Waals surface area (Å²) in [7, 11) is 0. The third kappa shape index (κ3) is 5.76. The van der Waals surface area contributed by atoms with Gasteiger partial charge in [-0.05, 0) is 25.0 Å². The lowest BCUT2D eigenvalue weighted by molar-refractivity contribution is -0.120. The predicted octanol–water partition coefficient (Wildman–Crippen LogP) is 3.10. The van der Waals surface area contributed by atoms with E-state index in [2.05, 4.69) is 10.6 Å². The minimum Gasteiger partial charge on any atom is -0.445 e. The molecule has 0 aliphatic carbocycles. The van der Waals surface area contributed by atoms with Crippen molar-refractivity contribution in [1.29, 1.82) is 0 Å². The van der Waals surface area contributed by atoms with Gasteiger partial charge < -0.3 is 15.4 Å². The van der Waals surface area contributed by atoms with E-state index in [1.165, 1.54) is 0 Å². The molecule has 0 saturated heterocycles. The molecule has 5 heteroatoms. The van der Waals surface area contributed by atoms with Crippen molar-refractivity contribution in [2.45, 2.75) is 26.5 Å². The molecule has 0 heterocycles. The molecule has 2 rings (SSSR count). The number of hydrogen-bond donors (Lipinski definition) is 2. The van der Waals surface area contributed by atoms with Crippen LogP contribution in [0.3, 0.4) is 0 Å². The Morgan fingerprint density at radius 3 is 2.38 bits per heavy atom. The number of aryl methyl sites for hydroxylation is 1. The fourth-order valence-corrected chi connectivity index (χ4v) is 2.15. The number of nitrogens with one attached hydrogen (secondary N) is 2. The normalized spacial score (nSPS) is 11.4. The highest BCUT2D eigenvalue weighted by molar-refractivity contribution is 5.82. The molecule has 0 bridgehead atoms. The monoisotopic (exact) mass is 326 g/mol. The highest BCUT2D eigenvalue weighted by Crippen LogP contribution is 2.10. The molecular formula is C19H22N2O3. The zero-order valence-electron chi connectivity index (χ0n) is 13.9. The zero-order valence-corrected chi connectivity index (χ0v) is 13.9.